The molecule has 0 bridgehead atoms. The van der Waals surface area contributed by atoms with Gasteiger partial charge in [-0.3, -0.25) is 9.48 Å². The molecule has 0 aliphatic carbocycles. The van der Waals surface area contributed by atoms with E-state index in [-0.39, 0.29) is 18.9 Å². The summed E-state index contributed by atoms with van der Waals surface area (Å²) < 4.78 is 27.6. The Morgan fingerprint density at radius 3 is 2.94 bits per heavy atom. The molecule has 1 aliphatic heterocycles. The third kappa shape index (κ3) is 2.92. The molecule has 0 saturated carbocycles. The van der Waals surface area contributed by atoms with Crippen LogP contribution < -0.4 is 5.73 Å². The maximum Gasteiger partial charge on any atom is 0.265 e. The van der Waals surface area contributed by atoms with Gasteiger partial charge < -0.3 is 10.6 Å². The Morgan fingerprint density at radius 2 is 2.35 bits per heavy atom. The quantitative estimate of drug-likeness (QED) is 0.833. The van der Waals surface area contributed by atoms with Gasteiger partial charge in [0.25, 0.3) is 5.92 Å². The molecule has 1 aromatic rings. The number of alkyl halides is 2. The minimum Gasteiger partial charge on any atom is -0.396 e. The van der Waals surface area contributed by atoms with Gasteiger partial charge in [0.2, 0.25) is 5.91 Å². The van der Waals surface area contributed by atoms with Crippen LogP contribution in [-0.2, 0) is 11.3 Å². The largest absolute Gasteiger partial charge is 0.396 e. The van der Waals surface area contributed by atoms with E-state index in [4.69, 9.17) is 5.73 Å². The van der Waals surface area contributed by atoms with Crippen LogP contribution in [0.1, 0.15) is 12.8 Å². The van der Waals surface area contributed by atoms with E-state index in [1.165, 1.54) is 22.0 Å². The molecular weight excluding hydrogens is 230 g/mol. The molecule has 0 unspecified atom stereocenters. The lowest BCUT2D eigenvalue weighted by Gasteiger charge is -2.32. The summed E-state index contributed by atoms with van der Waals surface area (Å²) >= 11 is 0. The molecule has 94 valence electrons. The van der Waals surface area contributed by atoms with Gasteiger partial charge in [-0.25, -0.2) is 8.78 Å². The SMILES string of the molecule is Nc1cnn(CC(=O)N2CCCC(F)(F)C2)c1. The van der Waals surface area contributed by atoms with Gasteiger partial charge in [0.05, 0.1) is 18.4 Å². The number of nitrogens with two attached hydrogens (primary N) is 1. The number of anilines is 1. The second-order valence-electron chi connectivity index (χ2n) is 4.25. The first-order valence-corrected chi connectivity index (χ1v) is 5.40. The van der Waals surface area contributed by atoms with Crippen LogP contribution in [0, 0.1) is 0 Å². The van der Waals surface area contributed by atoms with Crippen molar-refractivity contribution in [2.24, 2.45) is 0 Å². The number of amides is 1. The molecular formula is C10H14F2N4O. The fourth-order valence-electron chi connectivity index (χ4n) is 1.88. The molecule has 7 heteroatoms. The van der Waals surface area contributed by atoms with Crippen LogP contribution in [0.4, 0.5) is 14.5 Å². The van der Waals surface area contributed by atoms with Crippen molar-refractivity contribution in [2.45, 2.75) is 25.3 Å². The Bertz CT molecular complexity index is 418. The molecule has 2 rings (SSSR count). The van der Waals surface area contributed by atoms with Crippen molar-refractivity contribution in [3.8, 4) is 0 Å². The zero-order valence-corrected chi connectivity index (χ0v) is 9.27. The summed E-state index contributed by atoms with van der Waals surface area (Å²) in [5, 5.41) is 3.84. The van der Waals surface area contributed by atoms with Crippen LogP contribution in [0.2, 0.25) is 0 Å². The van der Waals surface area contributed by atoms with E-state index in [2.05, 4.69) is 5.10 Å². The third-order valence-electron chi connectivity index (χ3n) is 2.70. The molecule has 5 nitrogen and oxygen atoms in total. The van der Waals surface area contributed by atoms with Crippen LogP contribution in [0.3, 0.4) is 0 Å². The number of carbonyl (C=O) groups is 1. The molecule has 0 aromatic carbocycles. The summed E-state index contributed by atoms with van der Waals surface area (Å²) in [6.07, 6.45) is 3.10. The number of piperidine rings is 1. The molecule has 0 spiro atoms. The molecule has 1 saturated heterocycles. The van der Waals surface area contributed by atoms with Crippen molar-refractivity contribution in [2.75, 3.05) is 18.8 Å². The molecule has 1 aromatic heterocycles. The predicted molar refractivity (Wildman–Crippen MR) is 57.4 cm³/mol. The number of nitrogen functional groups attached to an aromatic ring is 1. The first kappa shape index (κ1) is 11.8. The lowest BCUT2D eigenvalue weighted by atomic mass is 10.1. The lowest BCUT2D eigenvalue weighted by Crippen LogP contribution is -2.46. The van der Waals surface area contributed by atoms with Crippen molar-refractivity contribution in [3.05, 3.63) is 12.4 Å². The Hall–Kier alpha value is -1.66. The number of halogens is 2. The molecule has 2 heterocycles. The fourth-order valence-corrected chi connectivity index (χ4v) is 1.88. The van der Waals surface area contributed by atoms with Crippen LogP contribution >= 0.6 is 0 Å². The minimum atomic E-state index is -2.77. The minimum absolute atomic E-state index is 0.0483. The van der Waals surface area contributed by atoms with Crippen molar-refractivity contribution in [1.29, 1.82) is 0 Å². The molecule has 1 amide bonds. The zero-order chi connectivity index (χ0) is 12.5. The number of hydrogen-bond donors (Lipinski definition) is 1. The summed E-state index contributed by atoms with van der Waals surface area (Å²) in [6, 6.07) is 0. The summed E-state index contributed by atoms with van der Waals surface area (Å²) in [6.45, 7) is -0.166. The number of rotatable bonds is 2. The van der Waals surface area contributed by atoms with Crippen LogP contribution in [0.5, 0.6) is 0 Å². The summed E-state index contributed by atoms with van der Waals surface area (Å²) in [7, 11) is 0. The van der Waals surface area contributed by atoms with E-state index in [1.54, 1.807) is 0 Å². The normalized spacial score (nSPS) is 19.3. The molecule has 17 heavy (non-hydrogen) atoms. The molecule has 1 aliphatic rings. The highest BCUT2D eigenvalue weighted by Crippen LogP contribution is 2.26. The van der Waals surface area contributed by atoms with E-state index in [1.807, 2.05) is 0 Å². The monoisotopic (exact) mass is 244 g/mol. The van der Waals surface area contributed by atoms with E-state index in [0.29, 0.717) is 18.7 Å². The first-order chi connectivity index (χ1) is 7.96. The second kappa shape index (κ2) is 4.31. The topological polar surface area (TPSA) is 64.1 Å². The Balaban J connectivity index is 1.96. The van der Waals surface area contributed by atoms with Crippen LogP contribution in [-0.4, -0.2) is 39.6 Å². The summed E-state index contributed by atoms with van der Waals surface area (Å²) in [5.74, 6) is -3.12. The van der Waals surface area contributed by atoms with Crippen molar-refractivity contribution < 1.29 is 13.6 Å². The Kier molecular flexibility index (Phi) is 2.99. The Labute approximate surface area is 97.2 Å². The summed E-state index contributed by atoms with van der Waals surface area (Å²) in [4.78, 5) is 12.9. The number of carbonyl (C=O) groups excluding carboxylic acids is 1. The first-order valence-electron chi connectivity index (χ1n) is 5.40. The molecule has 0 radical (unpaired) electrons. The molecule has 0 atom stereocenters. The number of hydrogen-bond acceptors (Lipinski definition) is 3. The summed E-state index contributed by atoms with van der Waals surface area (Å²) in [5.41, 5.74) is 5.89. The lowest BCUT2D eigenvalue weighted by molar-refractivity contribution is -0.142. The van der Waals surface area contributed by atoms with Crippen molar-refractivity contribution in [1.82, 2.24) is 14.7 Å². The number of likely N-dealkylation sites (tertiary alicyclic amines) is 1. The van der Waals surface area contributed by atoms with Gasteiger partial charge in [-0.15, -0.1) is 0 Å². The highest BCUT2D eigenvalue weighted by molar-refractivity contribution is 5.76. The predicted octanol–water partition coefficient (Wildman–Crippen LogP) is 0.723. The van der Waals surface area contributed by atoms with Gasteiger partial charge in [0, 0.05) is 19.2 Å². The van der Waals surface area contributed by atoms with Crippen molar-refractivity contribution >= 4 is 11.6 Å². The smallest absolute Gasteiger partial charge is 0.265 e. The number of nitrogens with zero attached hydrogens (tertiary/aromatic N) is 3. The average molecular weight is 244 g/mol. The van der Waals surface area contributed by atoms with Gasteiger partial charge >= 0.3 is 0 Å². The highest BCUT2D eigenvalue weighted by atomic mass is 19.3. The Morgan fingerprint density at radius 1 is 1.59 bits per heavy atom. The van der Waals surface area contributed by atoms with E-state index in [0.717, 1.165) is 0 Å². The van der Waals surface area contributed by atoms with Crippen molar-refractivity contribution in [3.63, 3.8) is 0 Å². The fraction of sp³-hybridized carbons (Fsp3) is 0.600. The van der Waals surface area contributed by atoms with Gasteiger partial charge in [0.15, 0.2) is 0 Å². The van der Waals surface area contributed by atoms with Gasteiger partial charge in [-0.1, -0.05) is 0 Å². The maximum absolute atomic E-state index is 13.1. The average Bonchev–Trinajstić information content (AvgIpc) is 2.62. The van der Waals surface area contributed by atoms with Crippen LogP contribution in [0.15, 0.2) is 12.4 Å². The van der Waals surface area contributed by atoms with Gasteiger partial charge in [-0.2, -0.15) is 5.10 Å². The van der Waals surface area contributed by atoms with Gasteiger partial charge in [-0.05, 0) is 6.42 Å². The highest BCUT2D eigenvalue weighted by Gasteiger charge is 2.36. The second-order valence-corrected chi connectivity index (χ2v) is 4.25. The van der Waals surface area contributed by atoms with E-state index >= 15 is 0 Å². The van der Waals surface area contributed by atoms with Gasteiger partial charge in [0.1, 0.15) is 6.54 Å². The van der Waals surface area contributed by atoms with E-state index < -0.39 is 12.5 Å². The standard InChI is InChI=1S/C10H14F2N4O/c11-10(12)2-1-3-15(7-10)9(17)6-16-5-8(13)4-14-16/h4-5H,1-3,6-7,13H2. The number of aromatic nitrogens is 2. The van der Waals surface area contributed by atoms with Crippen LogP contribution in [0.25, 0.3) is 0 Å². The molecule has 2 N–H and O–H groups in total. The zero-order valence-electron chi connectivity index (χ0n) is 9.27. The maximum atomic E-state index is 13.1. The molecule has 1 fully saturated rings. The van der Waals surface area contributed by atoms with E-state index in [9.17, 15) is 13.6 Å². The third-order valence-corrected chi connectivity index (χ3v) is 2.70.